The number of para-hydroxylation sites is 1. The number of hydrogen-bond donors (Lipinski definition) is 0. The van der Waals surface area contributed by atoms with Crippen LogP contribution in [0.15, 0.2) is 24.3 Å². The second-order valence-electron chi connectivity index (χ2n) is 7.66. The van der Waals surface area contributed by atoms with E-state index in [0.717, 1.165) is 17.7 Å². The molecule has 174 valence electrons. The molecule has 1 aromatic carbocycles. The van der Waals surface area contributed by atoms with Crippen LogP contribution in [0.25, 0.3) is 0 Å². The molecule has 2 heterocycles. The van der Waals surface area contributed by atoms with Crippen molar-refractivity contribution in [2.45, 2.75) is 64.8 Å². The monoisotopic (exact) mass is 449 g/mol. The van der Waals surface area contributed by atoms with Gasteiger partial charge in [-0.25, -0.2) is 0 Å². The molecule has 0 unspecified atom stereocenters. The molecular weight excluding hydrogens is 422 g/mol. The molecule has 0 aromatic heterocycles. The third-order valence-electron chi connectivity index (χ3n) is 5.20. The highest BCUT2D eigenvalue weighted by molar-refractivity contribution is 5.69. The number of benzene rings is 1. The molecule has 1 saturated heterocycles. The van der Waals surface area contributed by atoms with Gasteiger partial charge in [-0.15, -0.1) is 0 Å². The van der Waals surface area contributed by atoms with Crippen LogP contribution in [0.3, 0.4) is 0 Å². The van der Waals surface area contributed by atoms with Crippen LogP contribution >= 0.6 is 0 Å². The lowest BCUT2D eigenvalue weighted by molar-refractivity contribution is -0.252. The van der Waals surface area contributed by atoms with Crippen LogP contribution in [-0.2, 0) is 49.3 Å². The zero-order chi connectivity index (χ0) is 23.4. The van der Waals surface area contributed by atoms with Crippen molar-refractivity contribution in [3.05, 3.63) is 29.8 Å². The molecule has 0 amide bonds. The number of anilines is 1. The standard InChI is InChI=1S/C22H27NO9/c1-12(24)28-11-18-19(29-13(2)25)20(30-14(3)26)21(31-15(4)27)22(32-18)23-10-9-16-7-5-6-8-17(16)23/h5-8,18-22H,9-11H2,1-4H3/t18-,19-,20+,21+,22-/m1/s1. The third-order valence-corrected chi connectivity index (χ3v) is 5.20. The number of hydrogen-bond acceptors (Lipinski definition) is 10. The van der Waals surface area contributed by atoms with Crippen LogP contribution in [0, 0.1) is 0 Å². The molecule has 0 spiro atoms. The first-order valence-corrected chi connectivity index (χ1v) is 10.3. The Hall–Kier alpha value is -3.14. The number of ether oxygens (including phenoxy) is 5. The summed E-state index contributed by atoms with van der Waals surface area (Å²) in [6, 6.07) is 7.70. The lowest BCUT2D eigenvalue weighted by Crippen LogP contribution is -2.66. The van der Waals surface area contributed by atoms with Gasteiger partial charge < -0.3 is 28.6 Å². The van der Waals surface area contributed by atoms with Crippen LogP contribution in [-0.4, -0.2) is 67.7 Å². The molecule has 10 heteroatoms. The minimum Gasteiger partial charge on any atom is -0.463 e. The van der Waals surface area contributed by atoms with E-state index < -0.39 is 54.5 Å². The average Bonchev–Trinajstić information content (AvgIpc) is 3.12. The normalized spacial score (nSPS) is 26.6. The van der Waals surface area contributed by atoms with Gasteiger partial charge in [0, 0.05) is 39.9 Å². The summed E-state index contributed by atoms with van der Waals surface area (Å²) in [5.74, 6) is -2.48. The zero-order valence-corrected chi connectivity index (χ0v) is 18.4. The molecule has 2 aliphatic heterocycles. The molecule has 0 radical (unpaired) electrons. The maximum atomic E-state index is 12.0. The molecule has 10 nitrogen and oxygen atoms in total. The predicted molar refractivity (Wildman–Crippen MR) is 109 cm³/mol. The second kappa shape index (κ2) is 9.99. The van der Waals surface area contributed by atoms with Crippen LogP contribution < -0.4 is 4.90 Å². The zero-order valence-electron chi connectivity index (χ0n) is 18.4. The van der Waals surface area contributed by atoms with Gasteiger partial charge in [0.2, 0.25) is 0 Å². The highest BCUT2D eigenvalue weighted by Crippen LogP contribution is 2.37. The van der Waals surface area contributed by atoms with Gasteiger partial charge >= 0.3 is 23.9 Å². The first-order valence-electron chi connectivity index (χ1n) is 10.3. The van der Waals surface area contributed by atoms with E-state index in [1.54, 1.807) is 0 Å². The summed E-state index contributed by atoms with van der Waals surface area (Å²) in [4.78, 5) is 49.0. The number of carbonyl (C=O) groups excluding carboxylic acids is 4. The molecule has 0 aliphatic carbocycles. The quantitative estimate of drug-likeness (QED) is 0.462. The molecule has 0 N–H and O–H groups in total. The Balaban J connectivity index is 2.03. The van der Waals surface area contributed by atoms with E-state index >= 15 is 0 Å². The fourth-order valence-electron chi connectivity index (χ4n) is 4.08. The summed E-state index contributed by atoms with van der Waals surface area (Å²) >= 11 is 0. The third kappa shape index (κ3) is 5.37. The Labute approximate surface area is 185 Å². The highest BCUT2D eigenvalue weighted by atomic mass is 16.7. The van der Waals surface area contributed by atoms with Gasteiger partial charge in [-0.3, -0.25) is 19.2 Å². The van der Waals surface area contributed by atoms with Crippen molar-refractivity contribution in [2.75, 3.05) is 18.1 Å². The van der Waals surface area contributed by atoms with E-state index in [9.17, 15) is 19.2 Å². The van der Waals surface area contributed by atoms with E-state index in [2.05, 4.69) is 0 Å². The first-order chi connectivity index (χ1) is 15.2. The predicted octanol–water partition coefficient (Wildman–Crippen LogP) is 1.13. The molecule has 5 atom stereocenters. The van der Waals surface area contributed by atoms with Crippen molar-refractivity contribution in [3.63, 3.8) is 0 Å². The molecule has 2 aliphatic rings. The summed E-state index contributed by atoms with van der Waals surface area (Å²) in [6.07, 6.45) is -4.53. The van der Waals surface area contributed by atoms with Crippen molar-refractivity contribution >= 4 is 29.6 Å². The van der Waals surface area contributed by atoms with Gasteiger partial charge in [0.25, 0.3) is 0 Å². The van der Waals surface area contributed by atoms with Gasteiger partial charge in [-0.05, 0) is 18.1 Å². The van der Waals surface area contributed by atoms with Crippen LogP contribution in [0.1, 0.15) is 33.3 Å². The smallest absolute Gasteiger partial charge is 0.303 e. The van der Waals surface area contributed by atoms with E-state index in [4.69, 9.17) is 23.7 Å². The summed E-state index contributed by atoms with van der Waals surface area (Å²) in [6.45, 7) is 5.18. The van der Waals surface area contributed by atoms with Crippen molar-refractivity contribution < 1.29 is 42.9 Å². The number of carbonyl (C=O) groups is 4. The highest BCUT2D eigenvalue weighted by Gasteiger charge is 2.54. The van der Waals surface area contributed by atoms with Crippen molar-refractivity contribution in [1.29, 1.82) is 0 Å². The molecular formula is C22H27NO9. The SMILES string of the molecule is CC(=O)OC[C@H]1O[C@@H](N2CCc3ccccc32)[C@@H](OC(C)=O)[C@@H](OC(C)=O)[C@@H]1OC(C)=O. The van der Waals surface area contributed by atoms with Crippen LogP contribution in [0.4, 0.5) is 5.69 Å². The van der Waals surface area contributed by atoms with Crippen molar-refractivity contribution in [1.82, 2.24) is 0 Å². The Kier molecular flexibility index (Phi) is 7.34. The summed E-state index contributed by atoms with van der Waals surface area (Å²) in [5, 5.41) is 0. The minimum atomic E-state index is -1.17. The van der Waals surface area contributed by atoms with Crippen LogP contribution in [0.2, 0.25) is 0 Å². The maximum absolute atomic E-state index is 12.0. The maximum Gasteiger partial charge on any atom is 0.303 e. The summed E-state index contributed by atoms with van der Waals surface area (Å²) in [7, 11) is 0. The Morgan fingerprint density at radius 3 is 2.09 bits per heavy atom. The van der Waals surface area contributed by atoms with Gasteiger partial charge in [-0.1, -0.05) is 18.2 Å². The molecule has 0 bridgehead atoms. The Morgan fingerprint density at radius 2 is 1.47 bits per heavy atom. The summed E-state index contributed by atoms with van der Waals surface area (Å²) in [5.41, 5.74) is 1.97. The fourth-order valence-corrected chi connectivity index (χ4v) is 4.08. The lowest BCUT2D eigenvalue weighted by Gasteiger charge is -2.47. The van der Waals surface area contributed by atoms with Gasteiger partial charge in [0.1, 0.15) is 12.7 Å². The average molecular weight is 449 g/mol. The molecule has 1 aromatic rings. The number of fused-ring (bicyclic) bond motifs is 1. The Bertz CT molecular complexity index is 886. The summed E-state index contributed by atoms with van der Waals surface area (Å²) < 4.78 is 27.8. The van der Waals surface area contributed by atoms with Crippen molar-refractivity contribution in [3.8, 4) is 0 Å². The van der Waals surface area contributed by atoms with Crippen LogP contribution in [0.5, 0.6) is 0 Å². The van der Waals surface area contributed by atoms with Gasteiger partial charge in [0.15, 0.2) is 24.5 Å². The second-order valence-corrected chi connectivity index (χ2v) is 7.66. The van der Waals surface area contributed by atoms with Gasteiger partial charge in [0.05, 0.1) is 0 Å². The lowest BCUT2D eigenvalue weighted by atomic mass is 9.96. The van der Waals surface area contributed by atoms with E-state index in [-0.39, 0.29) is 6.61 Å². The molecule has 3 rings (SSSR count). The largest absolute Gasteiger partial charge is 0.463 e. The number of esters is 4. The number of nitrogens with zero attached hydrogens (tertiary/aromatic N) is 1. The molecule has 32 heavy (non-hydrogen) atoms. The minimum absolute atomic E-state index is 0.246. The first kappa shape index (κ1) is 23.5. The fraction of sp³-hybridized carbons (Fsp3) is 0.545. The molecule has 0 saturated carbocycles. The number of rotatable bonds is 6. The Morgan fingerprint density at radius 1 is 0.875 bits per heavy atom. The van der Waals surface area contributed by atoms with Gasteiger partial charge in [-0.2, -0.15) is 0 Å². The van der Waals surface area contributed by atoms with E-state index in [0.29, 0.717) is 6.54 Å². The van der Waals surface area contributed by atoms with E-state index in [1.165, 1.54) is 27.7 Å². The van der Waals surface area contributed by atoms with E-state index in [1.807, 2.05) is 29.2 Å². The topological polar surface area (TPSA) is 118 Å². The molecule has 1 fully saturated rings. The van der Waals surface area contributed by atoms with Crippen molar-refractivity contribution in [2.24, 2.45) is 0 Å².